The molecule has 1 amide bonds. The van der Waals surface area contributed by atoms with Crippen LogP contribution in [0, 0.1) is 5.92 Å². The van der Waals surface area contributed by atoms with E-state index in [2.05, 4.69) is 5.32 Å². The van der Waals surface area contributed by atoms with Crippen molar-refractivity contribution in [1.29, 1.82) is 0 Å². The van der Waals surface area contributed by atoms with E-state index >= 15 is 0 Å². The number of methoxy groups -OCH3 is 1. The molecular weight excluding hydrogens is 316 g/mol. The molecule has 0 aromatic heterocycles. The molecule has 1 aromatic carbocycles. The van der Waals surface area contributed by atoms with Crippen molar-refractivity contribution in [2.75, 3.05) is 26.5 Å². The second-order valence-electron chi connectivity index (χ2n) is 5.96. The van der Waals surface area contributed by atoms with Gasteiger partial charge in [-0.3, -0.25) is 4.79 Å². The number of amides is 1. The number of nitrogens with one attached hydrogen (secondary N) is 1. The fourth-order valence-electron chi connectivity index (χ4n) is 2.76. The van der Waals surface area contributed by atoms with Crippen molar-refractivity contribution in [3.8, 4) is 5.75 Å². The lowest BCUT2D eigenvalue weighted by atomic mass is 9.98. The predicted octanol–water partition coefficient (Wildman–Crippen LogP) is 1.54. The molecule has 0 bridgehead atoms. The maximum absolute atomic E-state index is 12.4. The second kappa shape index (κ2) is 7.31. The highest BCUT2D eigenvalue weighted by atomic mass is 32.2. The third-order valence-electron chi connectivity index (χ3n) is 4.20. The van der Waals surface area contributed by atoms with E-state index in [1.54, 1.807) is 7.11 Å². The van der Waals surface area contributed by atoms with Gasteiger partial charge in [-0.15, -0.1) is 0 Å². The van der Waals surface area contributed by atoms with E-state index in [-0.39, 0.29) is 24.4 Å². The first-order valence-electron chi connectivity index (χ1n) is 7.70. The Labute approximate surface area is 137 Å². The van der Waals surface area contributed by atoms with Gasteiger partial charge in [0.2, 0.25) is 15.9 Å². The van der Waals surface area contributed by atoms with Crippen LogP contribution in [-0.2, 0) is 14.8 Å². The SMILES string of the molecule is COc1ccc(C(C)NC(=O)C2CCCN(S(C)(=O)=O)C2)cc1. The molecule has 2 unspecified atom stereocenters. The molecule has 0 saturated carbocycles. The summed E-state index contributed by atoms with van der Waals surface area (Å²) in [6.45, 7) is 2.67. The van der Waals surface area contributed by atoms with Gasteiger partial charge < -0.3 is 10.1 Å². The minimum Gasteiger partial charge on any atom is -0.497 e. The van der Waals surface area contributed by atoms with Gasteiger partial charge in [-0.25, -0.2) is 12.7 Å². The smallest absolute Gasteiger partial charge is 0.224 e. The monoisotopic (exact) mass is 340 g/mol. The number of benzene rings is 1. The van der Waals surface area contributed by atoms with Gasteiger partial charge in [0.1, 0.15) is 5.75 Å². The molecule has 1 aliphatic heterocycles. The minimum atomic E-state index is -3.24. The van der Waals surface area contributed by atoms with E-state index in [1.807, 2.05) is 31.2 Å². The van der Waals surface area contributed by atoms with Crippen molar-refractivity contribution in [2.45, 2.75) is 25.8 Å². The molecule has 0 radical (unpaired) electrons. The highest BCUT2D eigenvalue weighted by Gasteiger charge is 2.30. The quantitative estimate of drug-likeness (QED) is 0.882. The van der Waals surface area contributed by atoms with Gasteiger partial charge in [-0.1, -0.05) is 12.1 Å². The number of rotatable bonds is 5. The van der Waals surface area contributed by atoms with E-state index in [0.717, 1.165) is 11.3 Å². The summed E-state index contributed by atoms with van der Waals surface area (Å²) < 4.78 is 29.8. The largest absolute Gasteiger partial charge is 0.497 e. The normalized spacial score (nSPS) is 20.7. The number of hydrogen-bond donors (Lipinski definition) is 1. The fourth-order valence-corrected chi connectivity index (χ4v) is 3.68. The standard InChI is InChI=1S/C16H24N2O4S/c1-12(13-6-8-15(22-2)9-7-13)17-16(19)14-5-4-10-18(11-14)23(3,20)21/h6-9,12,14H,4-5,10-11H2,1-3H3,(H,17,19). The molecule has 1 fully saturated rings. The number of piperidine rings is 1. The lowest BCUT2D eigenvalue weighted by Crippen LogP contribution is -2.45. The fraction of sp³-hybridized carbons (Fsp3) is 0.562. The van der Waals surface area contributed by atoms with Crippen LogP contribution in [0.25, 0.3) is 0 Å². The lowest BCUT2D eigenvalue weighted by Gasteiger charge is -2.30. The molecule has 2 rings (SSSR count). The van der Waals surface area contributed by atoms with Gasteiger partial charge in [0.05, 0.1) is 25.3 Å². The van der Waals surface area contributed by atoms with Crippen molar-refractivity contribution >= 4 is 15.9 Å². The van der Waals surface area contributed by atoms with Crippen molar-refractivity contribution in [2.24, 2.45) is 5.92 Å². The molecule has 1 aromatic rings. The first kappa shape index (κ1) is 17.7. The van der Waals surface area contributed by atoms with Gasteiger partial charge in [0, 0.05) is 13.1 Å². The van der Waals surface area contributed by atoms with Crippen molar-refractivity contribution in [1.82, 2.24) is 9.62 Å². The van der Waals surface area contributed by atoms with Gasteiger partial charge in [-0.05, 0) is 37.5 Å². The summed E-state index contributed by atoms with van der Waals surface area (Å²) in [7, 11) is -1.63. The van der Waals surface area contributed by atoms with Crippen molar-refractivity contribution < 1.29 is 17.9 Å². The van der Waals surface area contributed by atoms with E-state index in [4.69, 9.17) is 4.74 Å². The minimum absolute atomic E-state index is 0.0957. The number of ether oxygens (including phenoxy) is 1. The zero-order valence-corrected chi connectivity index (χ0v) is 14.6. The van der Waals surface area contributed by atoms with E-state index in [1.165, 1.54) is 10.6 Å². The Morgan fingerprint density at radius 2 is 2.00 bits per heavy atom. The van der Waals surface area contributed by atoms with Crippen LogP contribution in [-0.4, -0.2) is 45.1 Å². The van der Waals surface area contributed by atoms with Crippen LogP contribution >= 0.6 is 0 Å². The Morgan fingerprint density at radius 1 is 1.35 bits per heavy atom. The van der Waals surface area contributed by atoms with Gasteiger partial charge in [-0.2, -0.15) is 0 Å². The Kier molecular flexibility index (Phi) is 5.64. The highest BCUT2D eigenvalue weighted by Crippen LogP contribution is 2.21. The van der Waals surface area contributed by atoms with Crippen LogP contribution in [0.2, 0.25) is 0 Å². The summed E-state index contributed by atoms with van der Waals surface area (Å²) in [4.78, 5) is 12.4. The van der Waals surface area contributed by atoms with Crippen LogP contribution in [0.15, 0.2) is 24.3 Å². The van der Waals surface area contributed by atoms with Crippen LogP contribution in [0.3, 0.4) is 0 Å². The van der Waals surface area contributed by atoms with E-state index in [9.17, 15) is 13.2 Å². The summed E-state index contributed by atoms with van der Waals surface area (Å²) in [5.74, 6) is 0.379. The lowest BCUT2D eigenvalue weighted by molar-refractivity contribution is -0.126. The third-order valence-corrected chi connectivity index (χ3v) is 5.47. The molecule has 2 atom stereocenters. The number of sulfonamides is 1. The van der Waals surface area contributed by atoms with Gasteiger partial charge >= 0.3 is 0 Å². The van der Waals surface area contributed by atoms with Crippen molar-refractivity contribution in [3.63, 3.8) is 0 Å². The zero-order chi connectivity index (χ0) is 17.0. The predicted molar refractivity (Wildman–Crippen MR) is 88.7 cm³/mol. The Hall–Kier alpha value is -1.60. The van der Waals surface area contributed by atoms with Crippen LogP contribution in [0.1, 0.15) is 31.4 Å². The molecule has 6 nitrogen and oxygen atoms in total. The summed E-state index contributed by atoms with van der Waals surface area (Å²) in [5, 5.41) is 2.97. The summed E-state index contributed by atoms with van der Waals surface area (Å²) in [6, 6.07) is 7.39. The first-order valence-corrected chi connectivity index (χ1v) is 9.55. The molecule has 0 spiro atoms. The second-order valence-corrected chi connectivity index (χ2v) is 7.95. The number of carbonyl (C=O) groups excluding carboxylic acids is 1. The number of nitrogens with zero attached hydrogens (tertiary/aromatic N) is 1. The average molecular weight is 340 g/mol. The van der Waals surface area contributed by atoms with E-state index in [0.29, 0.717) is 19.4 Å². The molecule has 7 heteroatoms. The highest BCUT2D eigenvalue weighted by molar-refractivity contribution is 7.88. The molecule has 0 aliphatic carbocycles. The number of carbonyl (C=O) groups is 1. The van der Waals surface area contributed by atoms with Gasteiger partial charge in [0.25, 0.3) is 0 Å². The molecule has 1 saturated heterocycles. The molecule has 1 aliphatic rings. The molecule has 1 heterocycles. The summed E-state index contributed by atoms with van der Waals surface area (Å²) in [5.41, 5.74) is 0.981. The topological polar surface area (TPSA) is 75.7 Å². The number of hydrogen-bond acceptors (Lipinski definition) is 4. The van der Waals surface area contributed by atoms with Crippen molar-refractivity contribution in [3.05, 3.63) is 29.8 Å². The maximum Gasteiger partial charge on any atom is 0.224 e. The molecular formula is C16H24N2O4S. The third kappa shape index (κ3) is 4.68. The first-order chi connectivity index (χ1) is 10.8. The van der Waals surface area contributed by atoms with Crippen LogP contribution in [0.4, 0.5) is 0 Å². The zero-order valence-electron chi connectivity index (χ0n) is 13.8. The van der Waals surface area contributed by atoms with E-state index < -0.39 is 10.0 Å². The molecule has 1 N–H and O–H groups in total. The van der Waals surface area contributed by atoms with Crippen LogP contribution in [0.5, 0.6) is 5.75 Å². The Morgan fingerprint density at radius 3 is 2.57 bits per heavy atom. The Balaban J connectivity index is 1.97. The van der Waals surface area contributed by atoms with Crippen LogP contribution < -0.4 is 10.1 Å². The summed E-state index contributed by atoms with van der Waals surface area (Å²) >= 11 is 0. The Bertz CT molecular complexity index is 643. The molecule has 23 heavy (non-hydrogen) atoms. The maximum atomic E-state index is 12.4. The van der Waals surface area contributed by atoms with Gasteiger partial charge in [0.15, 0.2) is 0 Å². The molecule has 128 valence electrons. The average Bonchev–Trinajstić information content (AvgIpc) is 2.54. The summed E-state index contributed by atoms with van der Waals surface area (Å²) in [6.07, 6.45) is 2.61.